The van der Waals surface area contributed by atoms with Crippen LogP contribution in [-0.2, 0) is 0 Å². The minimum absolute atomic E-state index is 1.02. The van der Waals surface area contributed by atoms with Gasteiger partial charge in [0.1, 0.15) is 5.01 Å². The Balaban J connectivity index is 2.45. The van der Waals surface area contributed by atoms with Crippen LogP contribution in [0.1, 0.15) is 5.01 Å². The van der Waals surface area contributed by atoms with Gasteiger partial charge in [-0.2, -0.15) is 0 Å². The van der Waals surface area contributed by atoms with Gasteiger partial charge >= 0.3 is 0 Å². The molecule has 0 amide bonds. The summed E-state index contributed by atoms with van der Waals surface area (Å²) in [4.78, 5) is 1.20. The van der Waals surface area contributed by atoms with Crippen LogP contribution < -0.4 is 0 Å². The molecule has 2 aromatic heterocycles. The van der Waals surface area contributed by atoms with Gasteiger partial charge in [0.05, 0.1) is 4.88 Å². The average molecular weight is 182 g/mol. The lowest BCUT2D eigenvalue weighted by Crippen LogP contribution is -1.69. The molecular weight excluding hydrogens is 176 g/mol. The number of nitrogens with zero attached hydrogens (tertiary/aromatic N) is 2. The Hall–Kier alpha value is -0.740. The molecule has 4 heteroatoms. The smallest absolute Gasteiger partial charge is 0.143 e. The molecule has 2 aromatic rings. The average Bonchev–Trinajstić information content (AvgIpc) is 2.55. The molecule has 0 unspecified atom stereocenters. The lowest BCUT2D eigenvalue weighted by atomic mass is 10.5. The largest absolute Gasteiger partial charge is 0.157 e. The van der Waals surface area contributed by atoms with Crippen molar-refractivity contribution in [2.75, 3.05) is 0 Å². The van der Waals surface area contributed by atoms with Gasteiger partial charge in [-0.25, -0.2) is 0 Å². The predicted molar refractivity (Wildman–Crippen MR) is 48.0 cm³/mol. The zero-order valence-corrected chi connectivity index (χ0v) is 7.58. The minimum Gasteiger partial charge on any atom is -0.143 e. The van der Waals surface area contributed by atoms with E-state index in [0.29, 0.717) is 0 Å². The van der Waals surface area contributed by atoms with Crippen LogP contribution in [0.15, 0.2) is 17.5 Å². The van der Waals surface area contributed by atoms with Crippen molar-refractivity contribution in [3.05, 3.63) is 22.5 Å². The fourth-order valence-corrected chi connectivity index (χ4v) is 2.28. The third-order valence-electron chi connectivity index (χ3n) is 1.26. The summed E-state index contributed by atoms with van der Waals surface area (Å²) in [5.74, 6) is 0. The van der Waals surface area contributed by atoms with Crippen LogP contribution in [-0.4, -0.2) is 10.2 Å². The van der Waals surface area contributed by atoms with Gasteiger partial charge in [0.2, 0.25) is 0 Å². The fraction of sp³-hybridized carbons (Fsp3) is 0.143. The first kappa shape index (κ1) is 6.94. The highest BCUT2D eigenvalue weighted by Crippen LogP contribution is 2.26. The molecule has 2 rings (SSSR count). The zero-order valence-electron chi connectivity index (χ0n) is 5.94. The second kappa shape index (κ2) is 2.71. The van der Waals surface area contributed by atoms with E-state index in [1.807, 2.05) is 18.4 Å². The summed E-state index contributed by atoms with van der Waals surface area (Å²) in [6.07, 6.45) is 0. The van der Waals surface area contributed by atoms with Crippen LogP contribution in [0.2, 0.25) is 0 Å². The SMILES string of the molecule is Cc1nnc(-c2cccs2)s1. The molecule has 0 N–H and O–H groups in total. The first-order valence-corrected chi connectivity index (χ1v) is 4.90. The maximum atomic E-state index is 4.04. The Labute approximate surface area is 72.5 Å². The van der Waals surface area contributed by atoms with E-state index in [1.54, 1.807) is 22.7 Å². The second-order valence-electron chi connectivity index (χ2n) is 2.10. The Morgan fingerprint density at radius 2 is 2.27 bits per heavy atom. The third kappa shape index (κ3) is 1.32. The van der Waals surface area contributed by atoms with Gasteiger partial charge in [0, 0.05) is 0 Å². The molecule has 0 aliphatic carbocycles. The number of hydrogen-bond acceptors (Lipinski definition) is 4. The fourth-order valence-electron chi connectivity index (χ4n) is 0.796. The molecule has 56 valence electrons. The van der Waals surface area contributed by atoms with Crippen LogP contribution in [0.5, 0.6) is 0 Å². The summed E-state index contributed by atoms with van der Waals surface area (Å²) in [6.45, 7) is 1.97. The van der Waals surface area contributed by atoms with Crippen LogP contribution >= 0.6 is 22.7 Å². The molecular formula is C7H6N2S2. The van der Waals surface area contributed by atoms with E-state index in [0.717, 1.165) is 10.0 Å². The first-order chi connectivity index (χ1) is 5.36. The van der Waals surface area contributed by atoms with Gasteiger partial charge in [-0.05, 0) is 18.4 Å². The van der Waals surface area contributed by atoms with Crippen LogP contribution in [0.4, 0.5) is 0 Å². The summed E-state index contributed by atoms with van der Waals surface area (Å²) in [7, 11) is 0. The molecule has 0 radical (unpaired) electrons. The molecule has 2 nitrogen and oxygen atoms in total. The number of thiophene rings is 1. The van der Waals surface area contributed by atoms with Crippen LogP contribution in [0.25, 0.3) is 9.88 Å². The van der Waals surface area contributed by atoms with Gasteiger partial charge in [-0.15, -0.1) is 21.5 Å². The van der Waals surface area contributed by atoms with E-state index in [1.165, 1.54) is 4.88 Å². The van der Waals surface area contributed by atoms with Crippen molar-refractivity contribution in [2.45, 2.75) is 6.92 Å². The Morgan fingerprint density at radius 3 is 2.82 bits per heavy atom. The van der Waals surface area contributed by atoms with E-state index in [-0.39, 0.29) is 0 Å². The Bertz CT molecular complexity index is 337. The van der Waals surface area contributed by atoms with Gasteiger partial charge < -0.3 is 0 Å². The molecule has 2 heterocycles. The first-order valence-electron chi connectivity index (χ1n) is 3.20. The zero-order chi connectivity index (χ0) is 7.68. The molecule has 0 bridgehead atoms. The lowest BCUT2D eigenvalue weighted by molar-refractivity contribution is 1.05. The number of aryl methyl sites for hydroxylation is 1. The van der Waals surface area contributed by atoms with Crippen molar-refractivity contribution in [2.24, 2.45) is 0 Å². The molecule has 11 heavy (non-hydrogen) atoms. The molecule has 0 aliphatic heterocycles. The summed E-state index contributed by atoms with van der Waals surface area (Å²) in [5.41, 5.74) is 0. The number of rotatable bonds is 1. The quantitative estimate of drug-likeness (QED) is 0.677. The summed E-state index contributed by atoms with van der Waals surface area (Å²) in [6, 6.07) is 4.08. The van der Waals surface area contributed by atoms with E-state index in [9.17, 15) is 0 Å². The van der Waals surface area contributed by atoms with Crippen LogP contribution in [0, 0.1) is 6.92 Å². The van der Waals surface area contributed by atoms with Gasteiger partial charge in [0.25, 0.3) is 0 Å². The monoisotopic (exact) mass is 182 g/mol. The highest BCUT2D eigenvalue weighted by atomic mass is 32.1. The summed E-state index contributed by atoms with van der Waals surface area (Å²) >= 11 is 3.33. The van der Waals surface area contributed by atoms with Crippen molar-refractivity contribution < 1.29 is 0 Å². The third-order valence-corrected chi connectivity index (χ3v) is 3.14. The number of aromatic nitrogens is 2. The highest BCUT2D eigenvalue weighted by molar-refractivity contribution is 7.20. The standard InChI is InChI=1S/C7H6N2S2/c1-5-8-9-7(11-5)6-3-2-4-10-6/h2-4H,1H3. The minimum atomic E-state index is 1.02. The van der Waals surface area contributed by atoms with Crippen molar-refractivity contribution in [3.63, 3.8) is 0 Å². The molecule has 0 saturated heterocycles. The lowest BCUT2D eigenvalue weighted by Gasteiger charge is -1.82. The summed E-state index contributed by atoms with van der Waals surface area (Å²) in [5, 5.41) is 12.1. The normalized spacial score (nSPS) is 10.3. The Kier molecular flexibility index (Phi) is 1.71. The van der Waals surface area contributed by atoms with Gasteiger partial charge in [-0.1, -0.05) is 17.4 Å². The summed E-state index contributed by atoms with van der Waals surface area (Å²) < 4.78 is 0. The highest BCUT2D eigenvalue weighted by Gasteiger charge is 2.02. The van der Waals surface area contributed by atoms with Crippen molar-refractivity contribution >= 4 is 22.7 Å². The predicted octanol–water partition coefficient (Wildman–Crippen LogP) is 2.58. The van der Waals surface area contributed by atoms with Crippen molar-refractivity contribution in [1.82, 2.24) is 10.2 Å². The topological polar surface area (TPSA) is 25.8 Å². The molecule has 0 fully saturated rings. The number of hydrogen-bond donors (Lipinski definition) is 0. The molecule has 0 spiro atoms. The van der Waals surface area contributed by atoms with Gasteiger partial charge in [0.15, 0.2) is 5.01 Å². The molecule has 0 aromatic carbocycles. The van der Waals surface area contributed by atoms with Crippen LogP contribution in [0.3, 0.4) is 0 Å². The maximum absolute atomic E-state index is 4.04. The Morgan fingerprint density at radius 1 is 1.36 bits per heavy atom. The van der Waals surface area contributed by atoms with E-state index in [4.69, 9.17) is 0 Å². The van der Waals surface area contributed by atoms with Crippen molar-refractivity contribution in [3.8, 4) is 9.88 Å². The van der Waals surface area contributed by atoms with E-state index < -0.39 is 0 Å². The molecule has 0 saturated carbocycles. The van der Waals surface area contributed by atoms with Crippen molar-refractivity contribution in [1.29, 1.82) is 0 Å². The maximum Gasteiger partial charge on any atom is 0.157 e. The molecule has 0 aliphatic rings. The van der Waals surface area contributed by atoms with E-state index in [2.05, 4.69) is 16.3 Å². The second-order valence-corrected chi connectivity index (χ2v) is 4.23. The molecule has 0 atom stereocenters. The van der Waals surface area contributed by atoms with Gasteiger partial charge in [-0.3, -0.25) is 0 Å². The van der Waals surface area contributed by atoms with E-state index >= 15 is 0 Å².